The topological polar surface area (TPSA) is 87.0 Å². The summed E-state index contributed by atoms with van der Waals surface area (Å²) in [6.45, 7) is 1.84. The number of anilines is 2. The zero-order chi connectivity index (χ0) is 20.3. The van der Waals surface area contributed by atoms with Crippen LogP contribution in [-0.4, -0.2) is 38.4 Å². The van der Waals surface area contributed by atoms with Crippen LogP contribution in [0.15, 0.2) is 61.1 Å². The van der Waals surface area contributed by atoms with Crippen LogP contribution in [0.5, 0.6) is 5.75 Å². The van der Waals surface area contributed by atoms with Gasteiger partial charge in [0, 0.05) is 24.2 Å². The van der Waals surface area contributed by atoms with E-state index in [1.165, 1.54) is 0 Å². The van der Waals surface area contributed by atoms with Crippen molar-refractivity contribution in [1.29, 1.82) is 0 Å². The number of para-hydroxylation sites is 2. The van der Waals surface area contributed by atoms with Gasteiger partial charge in [0.25, 0.3) is 0 Å². The molecule has 1 aliphatic rings. The molecule has 1 aliphatic heterocycles. The lowest BCUT2D eigenvalue weighted by atomic mass is 10.0. The summed E-state index contributed by atoms with van der Waals surface area (Å²) >= 11 is 0. The van der Waals surface area contributed by atoms with Gasteiger partial charge >= 0.3 is 0 Å². The lowest BCUT2D eigenvalue weighted by Crippen LogP contribution is -2.17. The lowest BCUT2D eigenvalue weighted by Gasteiger charge is -2.15. The molecule has 0 atom stereocenters. The van der Waals surface area contributed by atoms with Gasteiger partial charge in [0.05, 0.1) is 49.5 Å². The van der Waals surface area contributed by atoms with Crippen molar-refractivity contribution in [3.8, 4) is 28.3 Å². The summed E-state index contributed by atoms with van der Waals surface area (Å²) in [4.78, 5) is 13.4. The van der Waals surface area contributed by atoms with Gasteiger partial charge < -0.3 is 14.8 Å². The second kappa shape index (κ2) is 7.92. The number of pyridine rings is 1. The second-order valence-electron chi connectivity index (χ2n) is 6.78. The molecule has 8 heteroatoms. The maximum Gasteiger partial charge on any atom is 0.227 e. The van der Waals surface area contributed by atoms with Crippen LogP contribution < -0.4 is 10.1 Å². The molecule has 0 saturated heterocycles. The second-order valence-corrected chi connectivity index (χ2v) is 6.78. The van der Waals surface area contributed by atoms with Gasteiger partial charge in [0.1, 0.15) is 11.4 Å². The SMILES string of the molecule is COc1ccccc1Nc1nccc(-c2c(-c3cccnc3)nn3c2COCC3)n1. The minimum Gasteiger partial charge on any atom is -0.495 e. The minimum atomic E-state index is 0.478. The smallest absolute Gasteiger partial charge is 0.227 e. The van der Waals surface area contributed by atoms with Crippen molar-refractivity contribution < 1.29 is 9.47 Å². The quantitative estimate of drug-likeness (QED) is 0.547. The van der Waals surface area contributed by atoms with Crippen LogP contribution in [0, 0.1) is 0 Å². The molecule has 5 rings (SSSR count). The Morgan fingerprint density at radius 3 is 2.90 bits per heavy atom. The number of fused-ring (bicyclic) bond motifs is 1. The number of hydrogen-bond acceptors (Lipinski definition) is 7. The summed E-state index contributed by atoms with van der Waals surface area (Å²) in [5.41, 5.74) is 5.28. The molecular weight excluding hydrogens is 380 g/mol. The Morgan fingerprint density at radius 1 is 1.10 bits per heavy atom. The standard InChI is InChI=1S/C22H20N6O2/c1-29-19-7-3-2-6-16(19)25-22-24-10-8-17(26-22)20-18-14-30-12-11-28(18)27-21(20)15-5-4-9-23-13-15/h2-10,13H,11-12,14H2,1H3,(H,24,25,26). The number of benzene rings is 1. The van der Waals surface area contributed by atoms with Crippen LogP contribution in [-0.2, 0) is 17.9 Å². The fourth-order valence-corrected chi connectivity index (χ4v) is 3.55. The number of aromatic nitrogens is 5. The van der Waals surface area contributed by atoms with Crippen molar-refractivity contribution in [2.45, 2.75) is 13.2 Å². The Balaban J connectivity index is 1.59. The highest BCUT2D eigenvalue weighted by molar-refractivity contribution is 5.81. The first-order valence-electron chi connectivity index (χ1n) is 9.65. The minimum absolute atomic E-state index is 0.478. The van der Waals surface area contributed by atoms with Crippen molar-refractivity contribution in [1.82, 2.24) is 24.7 Å². The highest BCUT2D eigenvalue weighted by Gasteiger charge is 2.24. The number of hydrogen-bond donors (Lipinski definition) is 1. The van der Waals surface area contributed by atoms with Crippen molar-refractivity contribution in [2.24, 2.45) is 0 Å². The third kappa shape index (κ3) is 3.37. The Labute approximate surface area is 173 Å². The van der Waals surface area contributed by atoms with Gasteiger partial charge in [-0.2, -0.15) is 5.10 Å². The van der Waals surface area contributed by atoms with E-state index < -0.39 is 0 Å². The average Bonchev–Trinajstić information content (AvgIpc) is 3.20. The van der Waals surface area contributed by atoms with E-state index in [4.69, 9.17) is 19.6 Å². The summed E-state index contributed by atoms with van der Waals surface area (Å²) in [6, 6.07) is 13.5. The molecule has 0 unspecified atom stereocenters. The van der Waals surface area contributed by atoms with Crippen LogP contribution in [0.2, 0.25) is 0 Å². The molecule has 0 saturated carbocycles. The highest BCUT2D eigenvalue weighted by atomic mass is 16.5. The van der Waals surface area contributed by atoms with Crippen LogP contribution in [0.25, 0.3) is 22.5 Å². The van der Waals surface area contributed by atoms with E-state index in [1.54, 1.807) is 19.5 Å². The number of ether oxygens (including phenoxy) is 2. The van der Waals surface area contributed by atoms with E-state index in [2.05, 4.69) is 15.3 Å². The molecule has 0 radical (unpaired) electrons. The van der Waals surface area contributed by atoms with Gasteiger partial charge in [-0.3, -0.25) is 9.67 Å². The van der Waals surface area contributed by atoms with Gasteiger partial charge in [0.15, 0.2) is 0 Å². The number of nitrogens with zero attached hydrogens (tertiary/aromatic N) is 5. The molecule has 4 aromatic rings. The Morgan fingerprint density at radius 2 is 2.03 bits per heavy atom. The number of rotatable bonds is 5. The summed E-state index contributed by atoms with van der Waals surface area (Å²) in [6.07, 6.45) is 5.30. The van der Waals surface area contributed by atoms with E-state index in [0.717, 1.165) is 39.6 Å². The van der Waals surface area contributed by atoms with E-state index in [1.807, 2.05) is 53.3 Å². The molecule has 0 aliphatic carbocycles. The first kappa shape index (κ1) is 18.3. The van der Waals surface area contributed by atoms with Crippen molar-refractivity contribution in [3.63, 3.8) is 0 Å². The molecule has 0 amide bonds. The third-order valence-electron chi connectivity index (χ3n) is 4.94. The first-order chi connectivity index (χ1) is 14.8. The normalized spacial score (nSPS) is 13.0. The van der Waals surface area contributed by atoms with Gasteiger partial charge in [-0.05, 0) is 30.3 Å². The van der Waals surface area contributed by atoms with Crippen molar-refractivity contribution in [3.05, 3.63) is 66.7 Å². The summed E-state index contributed by atoms with van der Waals surface area (Å²) in [5, 5.41) is 8.08. The zero-order valence-electron chi connectivity index (χ0n) is 16.4. The van der Waals surface area contributed by atoms with Gasteiger partial charge in [0.2, 0.25) is 5.95 Å². The van der Waals surface area contributed by atoms with Crippen LogP contribution in [0.4, 0.5) is 11.6 Å². The van der Waals surface area contributed by atoms with Gasteiger partial charge in [-0.15, -0.1) is 0 Å². The Kier molecular flexibility index (Phi) is 4.82. The van der Waals surface area contributed by atoms with Crippen LogP contribution >= 0.6 is 0 Å². The molecule has 1 N–H and O–H groups in total. The van der Waals surface area contributed by atoms with Crippen molar-refractivity contribution in [2.75, 3.05) is 19.0 Å². The fourth-order valence-electron chi connectivity index (χ4n) is 3.55. The summed E-state index contributed by atoms with van der Waals surface area (Å²) in [5.74, 6) is 1.20. The predicted octanol–water partition coefficient (Wildman–Crippen LogP) is 3.68. The molecule has 0 bridgehead atoms. The summed E-state index contributed by atoms with van der Waals surface area (Å²) < 4.78 is 13.1. The largest absolute Gasteiger partial charge is 0.495 e. The Hall–Kier alpha value is -3.78. The molecule has 30 heavy (non-hydrogen) atoms. The maximum atomic E-state index is 5.71. The van der Waals surface area contributed by atoms with E-state index in [9.17, 15) is 0 Å². The molecule has 8 nitrogen and oxygen atoms in total. The number of nitrogens with one attached hydrogen (secondary N) is 1. The lowest BCUT2D eigenvalue weighted by molar-refractivity contribution is 0.0804. The molecule has 0 spiro atoms. The van der Waals surface area contributed by atoms with E-state index >= 15 is 0 Å². The van der Waals surface area contributed by atoms with Crippen LogP contribution in [0.3, 0.4) is 0 Å². The third-order valence-corrected chi connectivity index (χ3v) is 4.94. The monoisotopic (exact) mass is 400 g/mol. The first-order valence-corrected chi connectivity index (χ1v) is 9.65. The van der Waals surface area contributed by atoms with Crippen LogP contribution in [0.1, 0.15) is 5.69 Å². The van der Waals surface area contributed by atoms with E-state index in [0.29, 0.717) is 25.7 Å². The Bertz CT molecular complexity index is 1180. The molecule has 4 heterocycles. The number of methoxy groups -OCH3 is 1. The van der Waals surface area contributed by atoms with Crippen molar-refractivity contribution >= 4 is 11.6 Å². The zero-order valence-corrected chi connectivity index (χ0v) is 16.4. The maximum absolute atomic E-state index is 5.71. The molecular formula is C22H20N6O2. The van der Waals surface area contributed by atoms with Gasteiger partial charge in [-0.25, -0.2) is 9.97 Å². The summed E-state index contributed by atoms with van der Waals surface area (Å²) in [7, 11) is 1.64. The van der Waals surface area contributed by atoms with Gasteiger partial charge in [-0.1, -0.05) is 12.1 Å². The highest BCUT2D eigenvalue weighted by Crippen LogP contribution is 2.35. The average molecular weight is 400 g/mol. The predicted molar refractivity (Wildman–Crippen MR) is 112 cm³/mol. The molecule has 1 aromatic carbocycles. The molecule has 0 fully saturated rings. The van der Waals surface area contributed by atoms with E-state index in [-0.39, 0.29) is 0 Å². The molecule has 3 aromatic heterocycles. The fraction of sp³-hybridized carbons (Fsp3) is 0.182. The molecule has 150 valence electrons.